The van der Waals surface area contributed by atoms with Gasteiger partial charge in [0.2, 0.25) is 10.0 Å². The molecule has 1 fully saturated rings. The summed E-state index contributed by atoms with van der Waals surface area (Å²) in [5.74, 6) is -0.585. The molecule has 2 atom stereocenters. The fourth-order valence-electron chi connectivity index (χ4n) is 3.42. The molecule has 31 heavy (non-hydrogen) atoms. The number of alkyl halides is 3. The Kier molecular flexibility index (Phi) is 6.73. The minimum atomic E-state index is -4.48. The summed E-state index contributed by atoms with van der Waals surface area (Å²) in [5, 5.41) is 2.53. The van der Waals surface area contributed by atoms with E-state index >= 15 is 0 Å². The van der Waals surface area contributed by atoms with Gasteiger partial charge >= 0.3 is 6.18 Å². The van der Waals surface area contributed by atoms with Crippen LogP contribution in [0.4, 0.5) is 13.2 Å². The molecule has 1 saturated heterocycles. The standard InChI is InChI=1S/C21H23F3N2O4S/c1-14-12-26(13-15(2)30-14)31(28,29)19-8-4-6-17(10-19)20(27)25-11-16-5-3-7-18(9-16)21(22,23)24/h3-10,14-15H,11-13H2,1-2H3,(H,25,27). The van der Waals surface area contributed by atoms with Crippen LogP contribution in [0.3, 0.4) is 0 Å². The zero-order chi connectivity index (χ0) is 22.8. The number of sulfonamides is 1. The smallest absolute Gasteiger partial charge is 0.373 e. The van der Waals surface area contributed by atoms with E-state index in [2.05, 4.69) is 5.32 Å². The molecule has 0 spiro atoms. The molecule has 6 nitrogen and oxygen atoms in total. The van der Waals surface area contributed by atoms with Gasteiger partial charge in [-0.15, -0.1) is 0 Å². The van der Waals surface area contributed by atoms with E-state index in [9.17, 15) is 26.4 Å². The molecule has 2 aromatic rings. The van der Waals surface area contributed by atoms with Gasteiger partial charge in [-0.2, -0.15) is 17.5 Å². The van der Waals surface area contributed by atoms with Gasteiger partial charge in [-0.05, 0) is 49.7 Å². The van der Waals surface area contributed by atoms with Gasteiger partial charge in [-0.3, -0.25) is 4.79 Å². The highest BCUT2D eigenvalue weighted by atomic mass is 32.2. The van der Waals surface area contributed by atoms with Crippen LogP contribution < -0.4 is 5.32 Å². The number of nitrogens with zero attached hydrogens (tertiary/aromatic N) is 1. The van der Waals surface area contributed by atoms with Crippen molar-refractivity contribution < 1.29 is 31.1 Å². The first kappa shape index (κ1) is 23.2. The van der Waals surface area contributed by atoms with E-state index in [1.807, 2.05) is 0 Å². The Bertz CT molecular complexity index is 1050. The van der Waals surface area contributed by atoms with Gasteiger partial charge in [0.1, 0.15) is 0 Å². The van der Waals surface area contributed by atoms with Gasteiger partial charge in [0.15, 0.2) is 0 Å². The number of carbonyl (C=O) groups excluding carboxylic acids is 1. The lowest BCUT2D eigenvalue weighted by atomic mass is 10.1. The van der Waals surface area contributed by atoms with Crippen LogP contribution in [0.15, 0.2) is 53.4 Å². The second-order valence-corrected chi connectivity index (χ2v) is 9.43. The Hall–Kier alpha value is -2.43. The van der Waals surface area contributed by atoms with Gasteiger partial charge in [0.25, 0.3) is 5.91 Å². The number of amides is 1. The summed E-state index contributed by atoms with van der Waals surface area (Å²) in [4.78, 5) is 12.5. The predicted molar refractivity (Wildman–Crippen MR) is 108 cm³/mol. The first-order valence-electron chi connectivity index (χ1n) is 9.67. The largest absolute Gasteiger partial charge is 0.416 e. The Morgan fingerprint density at radius 3 is 2.39 bits per heavy atom. The summed E-state index contributed by atoms with van der Waals surface area (Å²) < 4.78 is 71.4. The molecule has 1 N–H and O–H groups in total. The van der Waals surface area contributed by atoms with Crippen LogP contribution in [-0.4, -0.2) is 43.9 Å². The maximum Gasteiger partial charge on any atom is 0.416 e. The molecule has 0 radical (unpaired) electrons. The van der Waals surface area contributed by atoms with E-state index in [4.69, 9.17) is 4.74 Å². The van der Waals surface area contributed by atoms with Crippen LogP contribution in [0.5, 0.6) is 0 Å². The number of benzene rings is 2. The summed E-state index contributed by atoms with van der Waals surface area (Å²) in [6.07, 6.45) is -4.98. The van der Waals surface area contributed by atoms with E-state index < -0.39 is 27.7 Å². The van der Waals surface area contributed by atoms with Crippen molar-refractivity contribution in [2.24, 2.45) is 0 Å². The van der Waals surface area contributed by atoms with Crippen molar-refractivity contribution in [3.63, 3.8) is 0 Å². The molecule has 1 aliphatic rings. The third kappa shape index (κ3) is 5.63. The number of carbonyl (C=O) groups is 1. The Labute approximate surface area is 179 Å². The quantitative estimate of drug-likeness (QED) is 0.748. The fraction of sp³-hybridized carbons (Fsp3) is 0.381. The Morgan fingerprint density at radius 1 is 1.10 bits per heavy atom. The molecule has 0 bridgehead atoms. The molecule has 0 aliphatic carbocycles. The molecule has 168 valence electrons. The predicted octanol–water partition coefficient (Wildman–Crippen LogP) is 3.43. The van der Waals surface area contributed by atoms with E-state index in [1.54, 1.807) is 13.8 Å². The number of morpholine rings is 1. The van der Waals surface area contributed by atoms with E-state index in [0.717, 1.165) is 12.1 Å². The van der Waals surface area contributed by atoms with Crippen LogP contribution in [0.2, 0.25) is 0 Å². The van der Waals surface area contributed by atoms with Crippen molar-refractivity contribution in [3.05, 3.63) is 65.2 Å². The monoisotopic (exact) mass is 456 g/mol. The second-order valence-electron chi connectivity index (χ2n) is 7.49. The van der Waals surface area contributed by atoms with E-state index in [0.29, 0.717) is 0 Å². The van der Waals surface area contributed by atoms with E-state index in [1.165, 1.54) is 40.7 Å². The normalized spacial score (nSPS) is 20.4. The molecule has 0 saturated carbocycles. The highest BCUT2D eigenvalue weighted by molar-refractivity contribution is 7.89. The Balaban J connectivity index is 1.73. The first-order chi connectivity index (χ1) is 14.5. The molecule has 2 aromatic carbocycles. The molecular weight excluding hydrogens is 433 g/mol. The van der Waals surface area contributed by atoms with Gasteiger partial charge in [0, 0.05) is 25.2 Å². The van der Waals surface area contributed by atoms with Crippen molar-refractivity contribution >= 4 is 15.9 Å². The van der Waals surface area contributed by atoms with Crippen LogP contribution >= 0.6 is 0 Å². The lowest BCUT2D eigenvalue weighted by molar-refractivity contribution is -0.137. The number of halogens is 3. The number of hydrogen-bond acceptors (Lipinski definition) is 4. The molecule has 1 heterocycles. The molecule has 10 heteroatoms. The lowest BCUT2D eigenvalue weighted by Crippen LogP contribution is -2.48. The SMILES string of the molecule is CC1CN(S(=O)(=O)c2cccc(C(=O)NCc3cccc(C(F)(F)F)c3)c2)CC(C)O1. The highest BCUT2D eigenvalue weighted by Crippen LogP contribution is 2.29. The molecule has 3 rings (SSSR count). The maximum atomic E-state index is 13.0. The maximum absolute atomic E-state index is 13.0. The number of rotatable bonds is 5. The van der Waals surface area contributed by atoms with Crippen molar-refractivity contribution in [3.8, 4) is 0 Å². The van der Waals surface area contributed by atoms with Gasteiger partial charge in [0.05, 0.1) is 22.7 Å². The van der Waals surface area contributed by atoms with Crippen LogP contribution in [0.1, 0.15) is 35.3 Å². The average Bonchev–Trinajstić information content (AvgIpc) is 2.71. The number of ether oxygens (including phenoxy) is 1. The minimum Gasteiger partial charge on any atom is -0.373 e. The summed E-state index contributed by atoms with van der Waals surface area (Å²) in [6, 6.07) is 10.2. The molecule has 1 aliphatic heterocycles. The van der Waals surface area contributed by atoms with E-state index in [-0.39, 0.29) is 47.9 Å². The summed E-state index contributed by atoms with van der Waals surface area (Å²) in [7, 11) is -3.82. The summed E-state index contributed by atoms with van der Waals surface area (Å²) >= 11 is 0. The second kappa shape index (κ2) is 8.97. The zero-order valence-electron chi connectivity index (χ0n) is 17.0. The fourth-order valence-corrected chi connectivity index (χ4v) is 5.05. The number of nitrogens with one attached hydrogen (secondary N) is 1. The van der Waals surface area contributed by atoms with Crippen molar-refractivity contribution in [2.75, 3.05) is 13.1 Å². The zero-order valence-corrected chi connectivity index (χ0v) is 17.8. The van der Waals surface area contributed by atoms with Crippen LogP contribution in [0.25, 0.3) is 0 Å². The average molecular weight is 456 g/mol. The van der Waals surface area contributed by atoms with Crippen molar-refractivity contribution in [1.29, 1.82) is 0 Å². The topological polar surface area (TPSA) is 75.7 Å². The number of hydrogen-bond donors (Lipinski definition) is 1. The summed E-state index contributed by atoms with van der Waals surface area (Å²) in [6.45, 7) is 3.86. The van der Waals surface area contributed by atoms with Gasteiger partial charge in [-0.25, -0.2) is 8.42 Å². The van der Waals surface area contributed by atoms with Crippen LogP contribution in [0, 0.1) is 0 Å². The van der Waals surface area contributed by atoms with Crippen molar-refractivity contribution in [1.82, 2.24) is 9.62 Å². The molecule has 2 unspecified atom stereocenters. The van der Waals surface area contributed by atoms with Crippen LogP contribution in [-0.2, 0) is 27.5 Å². The van der Waals surface area contributed by atoms with Gasteiger partial charge in [-0.1, -0.05) is 18.2 Å². The van der Waals surface area contributed by atoms with Crippen molar-refractivity contribution in [2.45, 2.75) is 43.7 Å². The minimum absolute atomic E-state index is 0.0273. The summed E-state index contributed by atoms with van der Waals surface area (Å²) in [5.41, 5.74) is -0.424. The third-order valence-corrected chi connectivity index (χ3v) is 6.66. The highest BCUT2D eigenvalue weighted by Gasteiger charge is 2.33. The molecule has 1 amide bonds. The lowest BCUT2D eigenvalue weighted by Gasteiger charge is -2.34. The first-order valence-corrected chi connectivity index (χ1v) is 11.1. The molecular formula is C21H23F3N2O4S. The Morgan fingerprint density at radius 2 is 1.74 bits per heavy atom. The third-order valence-electron chi connectivity index (χ3n) is 4.83. The molecule has 0 aromatic heterocycles. The van der Waals surface area contributed by atoms with Gasteiger partial charge < -0.3 is 10.1 Å².